The molecule has 1 saturated heterocycles. The molecule has 0 spiro atoms. The van der Waals surface area contributed by atoms with Gasteiger partial charge in [-0.2, -0.15) is 0 Å². The van der Waals surface area contributed by atoms with Gasteiger partial charge < -0.3 is 9.47 Å². The van der Waals surface area contributed by atoms with Crippen molar-refractivity contribution in [1.29, 1.82) is 0 Å². The molecule has 2 atom stereocenters. The van der Waals surface area contributed by atoms with Gasteiger partial charge in [0, 0.05) is 0 Å². The second-order valence-electron chi connectivity index (χ2n) is 5.45. The Hall–Kier alpha value is -1.06. The number of rotatable bonds is 6. The molecule has 1 aliphatic heterocycles. The highest BCUT2D eigenvalue weighted by atomic mass is 16.7. The highest BCUT2D eigenvalue weighted by molar-refractivity contribution is 5.92. The predicted octanol–water partition coefficient (Wildman–Crippen LogP) is 2.98. The SMILES string of the molecule is CCCCC1(C)OC(=O)C(C)(CCCC)OC1=O. The fraction of sp³-hybridized carbons (Fsp3) is 0.857. The van der Waals surface area contributed by atoms with Crippen molar-refractivity contribution in [3.8, 4) is 0 Å². The number of cyclic esters (lactones) is 2. The molecule has 0 bridgehead atoms. The Morgan fingerprint density at radius 1 is 0.833 bits per heavy atom. The minimum absolute atomic E-state index is 0.408. The van der Waals surface area contributed by atoms with E-state index in [1.54, 1.807) is 13.8 Å². The van der Waals surface area contributed by atoms with Crippen LogP contribution in [-0.4, -0.2) is 23.1 Å². The summed E-state index contributed by atoms with van der Waals surface area (Å²) in [5.74, 6) is -0.816. The second-order valence-corrected chi connectivity index (χ2v) is 5.45. The van der Waals surface area contributed by atoms with Gasteiger partial charge in [0.15, 0.2) is 0 Å². The van der Waals surface area contributed by atoms with Crippen molar-refractivity contribution < 1.29 is 19.1 Å². The first-order valence-corrected chi connectivity index (χ1v) is 6.85. The average molecular weight is 256 g/mol. The largest absolute Gasteiger partial charge is 0.444 e. The fourth-order valence-electron chi connectivity index (χ4n) is 2.04. The summed E-state index contributed by atoms with van der Waals surface area (Å²) in [6.45, 7) is 7.35. The first-order valence-electron chi connectivity index (χ1n) is 6.85. The van der Waals surface area contributed by atoms with Gasteiger partial charge in [0.25, 0.3) is 0 Å². The fourth-order valence-corrected chi connectivity index (χ4v) is 2.04. The van der Waals surface area contributed by atoms with Crippen molar-refractivity contribution in [1.82, 2.24) is 0 Å². The molecule has 2 unspecified atom stereocenters. The molecule has 0 saturated carbocycles. The van der Waals surface area contributed by atoms with E-state index in [0.717, 1.165) is 25.7 Å². The van der Waals surface area contributed by atoms with Gasteiger partial charge in [-0.3, -0.25) is 0 Å². The van der Waals surface area contributed by atoms with Crippen LogP contribution in [0.5, 0.6) is 0 Å². The van der Waals surface area contributed by atoms with Gasteiger partial charge in [0.1, 0.15) is 0 Å². The van der Waals surface area contributed by atoms with Gasteiger partial charge in [0.2, 0.25) is 11.2 Å². The Labute approximate surface area is 109 Å². The molecule has 1 fully saturated rings. The zero-order valence-electron chi connectivity index (χ0n) is 11.9. The maximum atomic E-state index is 12.0. The smallest absolute Gasteiger partial charge is 0.351 e. The van der Waals surface area contributed by atoms with E-state index >= 15 is 0 Å². The third-order valence-electron chi connectivity index (χ3n) is 3.51. The highest BCUT2D eigenvalue weighted by Crippen LogP contribution is 2.34. The van der Waals surface area contributed by atoms with Gasteiger partial charge in [-0.25, -0.2) is 9.59 Å². The van der Waals surface area contributed by atoms with Crippen molar-refractivity contribution in [2.24, 2.45) is 0 Å². The van der Waals surface area contributed by atoms with E-state index in [1.807, 2.05) is 13.8 Å². The number of carbonyl (C=O) groups is 2. The van der Waals surface area contributed by atoms with E-state index in [4.69, 9.17) is 9.47 Å². The Balaban J connectivity index is 2.75. The van der Waals surface area contributed by atoms with E-state index in [0.29, 0.717) is 12.8 Å². The molecule has 4 nitrogen and oxygen atoms in total. The van der Waals surface area contributed by atoms with Crippen molar-refractivity contribution in [3.63, 3.8) is 0 Å². The van der Waals surface area contributed by atoms with Crippen LogP contribution in [0.2, 0.25) is 0 Å². The van der Waals surface area contributed by atoms with Crippen molar-refractivity contribution >= 4 is 11.9 Å². The van der Waals surface area contributed by atoms with Crippen LogP contribution in [0.4, 0.5) is 0 Å². The molecule has 18 heavy (non-hydrogen) atoms. The van der Waals surface area contributed by atoms with Gasteiger partial charge in [-0.1, -0.05) is 26.7 Å². The van der Waals surface area contributed by atoms with Crippen LogP contribution in [0.1, 0.15) is 66.2 Å². The van der Waals surface area contributed by atoms with E-state index in [9.17, 15) is 9.59 Å². The molecule has 0 aromatic heterocycles. The molecular weight excluding hydrogens is 232 g/mol. The molecule has 0 radical (unpaired) electrons. The average Bonchev–Trinajstić information content (AvgIpc) is 2.32. The summed E-state index contributed by atoms with van der Waals surface area (Å²) in [6, 6.07) is 0. The number of hydrogen-bond acceptors (Lipinski definition) is 4. The summed E-state index contributed by atoms with van der Waals surface area (Å²) < 4.78 is 10.8. The Kier molecular flexibility index (Phi) is 4.77. The lowest BCUT2D eigenvalue weighted by Crippen LogP contribution is -2.57. The van der Waals surface area contributed by atoms with Crippen molar-refractivity contribution in [2.75, 3.05) is 0 Å². The minimum Gasteiger partial charge on any atom is -0.444 e. The summed E-state index contributed by atoms with van der Waals surface area (Å²) >= 11 is 0. The lowest BCUT2D eigenvalue weighted by atomic mass is 9.92. The monoisotopic (exact) mass is 256 g/mol. The zero-order chi connectivity index (χ0) is 13.8. The Morgan fingerprint density at radius 3 is 1.44 bits per heavy atom. The topological polar surface area (TPSA) is 52.6 Å². The molecule has 1 rings (SSSR count). The molecule has 0 aromatic rings. The Bertz CT molecular complexity index is 294. The molecule has 1 aliphatic rings. The number of esters is 2. The maximum Gasteiger partial charge on any atom is 0.351 e. The van der Waals surface area contributed by atoms with Gasteiger partial charge in [-0.15, -0.1) is 0 Å². The summed E-state index contributed by atoms with van der Waals surface area (Å²) in [4.78, 5) is 24.1. The Morgan fingerprint density at radius 2 is 1.17 bits per heavy atom. The summed E-state index contributed by atoms with van der Waals surface area (Å²) in [5.41, 5.74) is -2.20. The standard InChI is InChI=1S/C14H24O4/c1-5-7-9-13(3)11(15)18-14(4,10-8-6-2)12(16)17-13/h5-10H2,1-4H3. The number of hydrogen-bond donors (Lipinski definition) is 0. The third kappa shape index (κ3) is 3.03. The lowest BCUT2D eigenvalue weighted by Gasteiger charge is -2.40. The highest BCUT2D eigenvalue weighted by Gasteiger charge is 2.52. The van der Waals surface area contributed by atoms with E-state index in [1.165, 1.54) is 0 Å². The number of unbranched alkanes of at least 4 members (excludes halogenated alkanes) is 2. The van der Waals surface area contributed by atoms with Crippen LogP contribution < -0.4 is 0 Å². The first-order chi connectivity index (χ1) is 8.38. The van der Waals surface area contributed by atoms with Gasteiger partial charge in [-0.05, 0) is 39.5 Å². The van der Waals surface area contributed by atoms with E-state index in [2.05, 4.69) is 0 Å². The van der Waals surface area contributed by atoms with Crippen LogP contribution in [0.3, 0.4) is 0 Å². The molecule has 104 valence electrons. The minimum atomic E-state index is -1.10. The zero-order valence-corrected chi connectivity index (χ0v) is 11.9. The summed E-state index contributed by atoms with van der Waals surface area (Å²) in [7, 11) is 0. The third-order valence-corrected chi connectivity index (χ3v) is 3.51. The number of ether oxygens (including phenoxy) is 2. The lowest BCUT2D eigenvalue weighted by molar-refractivity contribution is -0.224. The van der Waals surface area contributed by atoms with E-state index < -0.39 is 23.1 Å². The molecule has 4 heteroatoms. The molecule has 0 amide bonds. The van der Waals surface area contributed by atoms with Crippen LogP contribution in [0.15, 0.2) is 0 Å². The summed E-state index contributed by atoms with van der Waals surface area (Å²) in [6.07, 6.45) is 4.63. The van der Waals surface area contributed by atoms with Crippen molar-refractivity contribution in [2.45, 2.75) is 77.4 Å². The maximum absolute atomic E-state index is 12.0. The molecule has 0 N–H and O–H groups in total. The van der Waals surface area contributed by atoms with Crippen LogP contribution in [-0.2, 0) is 19.1 Å². The van der Waals surface area contributed by atoms with Gasteiger partial charge in [0.05, 0.1) is 0 Å². The molecular formula is C14H24O4. The number of carbonyl (C=O) groups excluding carboxylic acids is 2. The first kappa shape index (κ1) is 15.0. The summed E-state index contributed by atoms with van der Waals surface area (Å²) in [5, 5.41) is 0. The van der Waals surface area contributed by atoms with Crippen LogP contribution in [0, 0.1) is 0 Å². The second kappa shape index (κ2) is 5.72. The molecule has 0 aromatic carbocycles. The predicted molar refractivity (Wildman–Crippen MR) is 68.0 cm³/mol. The molecule has 1 heterocycles. The van der Waals surface area contributed by atoms with Gasteiger partial charge >= 0.3 is 11.9 Å². The molecule has 0 aliphatic carbocycles. The van der Waals surface area contributed by atoms with E-state index in [-0.39, 0.29) is 0 Å². The van der Waals surface area contributed by atoms with Crippen molar-refractivity contribution in [3.05, 3.63) is 0 Å². The normalized spacial score (nSPS) is 32.0. The van der Waals surface area contributed by atoms with Crippen LogP contribution in [0.25, 0.3) is 0 Å². The quantitative estimate of drug-likeness (QED) is 0.685. The van der Waals surface area contributed by atoms with Crippen LogP contribution >= 0.6 is 0 Å².